The molecule has 0 fully saturated rings. The lowest BCUT2D eigenvalue weighted by Gasteiger charge is -2.17. The van der Waals surface area contributed by atoms with Crippen molar-refractivity contribution in [2.24, 2.45) is 7.05 Å². The number of hydrogen-bond acceptors (Lipinski definition) is 4. The van der Waals surface area contributed by atoms with Gasteiger partial charge in [-0.05, 0) is 36.7 Å². The molecule has 0 spiro atoms. The molecule has 1 aromatic carbocycles. The summed E-state index contributed by atoms with van der Waals surface area (Å²) in [6, 6.07) is 7.81. The fourth-order valence-corrected chi connectivity index (χ4v) is 2.49. The van der Waals surface area contributed by atoms with Crippen molar-refractivity contribution in [3.63, 3.8) is 0 Å². The first kappa shape index (κ1) is 13.7. The quantitative estimate of drug-likeness (QED) is 0.783. The Hall–Kier alpha value is -2.27. The highest BCUT2D eigenvalue weighted by Gasteiger charge is 2.16. The molecule has 1 N–H and O–H groups in total. The minimum atomic E-state index is -0.344. The number of rotatable bonds is 5. The normalized spacial score (nSPS) is 12.9. The summed E-state index contributed by atoms with van der Waals surface area (Å²) in [7, 11) is 1.71. The Labute approximate surface area is 122 Å². The maximum atomic E-state index is 11.6. The van der Waals surface area contributed by atoms with Crippen LogP contribution in [0.15, 0.2) is 50.4 Å². The standard InChI is InChI=1S/C16H18N2O3/c1-3-7-17-15(12-6-8-20-10-12)11-4-5-13-14(9-11)21-16(19)18(13)2/h4-6,8-10,15,17H,3,7H2,1-2H3. The topological polar surface area (TPSA) is 60.3 Å². The SMILES string of the molecule is CCCNC(c1ccoc1)c1ccc2c(c1)oc(=O)n2C. The van der Waals surface area contributed by atoms with Gasteiger partial charge in [0, 0.05) is 12.6 Å². The molecule has 5 heteroatoms. The van der Waals surface area contributed by atoms with Crippen molar-refractivity contribution in [1.82, 2.24) is 9.88 Å². The molecule has 3 aromatic rings. The molecule has 0 amide bonds. The van der Waals surface area contributed by atoms with Gasteiger partial charge in [0.15, 0.2) is 5.58 Å². The predicted molar refractivity (Wildman–Crippen MR) is 80.3 cm³/mol. The molecule has 2 heterocycles. The second kappa shape index (κ2) is 5.61. The van der Waals surface area contributed by atoms with Gasteiger partial charge in [0.25, 0.3) is 0 Å². The largest absolute Gasteiger partial charge is 0.472 e. The molecule has 110 valence electrons. The maximum absolute atomic E-state index is 11.6. The van der Waals surface area contributed by atoms with Gasteiger partial charge >= 0.3 is 5.76 Å². The van der Waals surface area contributed by atoms with Crippen LogP contribution in [0.1, 0.15) is 30.5 Å². The van der Waals surface area contributed by atoms with Crippen LogP contribution < -0.4 is 11.1 Å². The van der Waals surface area contributed by atoms with Gasteiger partial charge in [-0.3, -0.25) is 4.57 Å². The molecule has 5 nitrogen and oxygen atoms in total. The summed E-state index contributed by atoms with van der Waals surface area (Å²) in [6.07, 6.45) is 4.44. The van der Waals surface area contributed by atoms with E-state index in [1.54, 1.807) is 19.6 Å². The number of aryl methyl sites for hydroxylation is 1. The molecule has 21 heavy (non-hydrogen) atoms. The third-order valence-corrected chi connectivity index (χ3v) is 3.62. The minimum absolute atomic E-state index is 0.0265. The molecule has 1 unspecified atom stereocenters. The molecule has 0 radical (unpaired) electrons. The number of aromatic nitrogens is 1. The Bertz CT molecular complexity index is 784. The zero-order valence-corrected chi connectivity index (χ0v) is 12.1. The van der Waals surface area contributed by atoms with E-state index in [1.165, 1.54) is 4.57 Å². The highest BCUT2D eigenvalue weighted by Crippen LogP contribution is 2.25. The van der Waals surface area contributed by atoms with Crippen molar-refractivity contribution in [2.75, 3.05) is 6.54 Å². The van der Waals surface area contributed by atoms with Gasteiger partial charge < -0.3 is 14.2 Å². The molecule has 1 atom stereocenters. The minimum Gasteiger partial charge on any atom is -0.472 e. The van der Waals surface area contributed by atoms with Crippen LogP contribution in [0, 0.1) is 0 Å². The summed E-state index contributed by atoms with van der Waals surface area (Å²) in [4.78, 5) is 11.6. The van der Waals surface area contributed by atoms with Crippen molar-refractivity contribution in [1.29, 1.82) is 0 Å². The Morgan fingerprint density at radius 3 is 2.86 bits per heavy atom. The van der Waals surface area contributed by atoms with Crippen LogP contribution in [-0.4, -0.2) is 11.1 Å². The average Bonchev–Trinajstić information content (AvgIpc) is 3.09. The molecule has 2 aromatic heterocycles. The van der Waals surface area contributed by atoms with E-state index in [0.29, 0.717) is 5.58 Å². The van der Waals surface area contributed by atoms with E-state index in [4.69, 9.17) is 8.83 Å². The number of hydrogen-bond donors (Lipinski definition) is 1. The molecule has 0 aliphatic carbocycles. The van der Waals surface area contributed by atoms with E-state index >= 15 is 0 Å². The van der Waals surface area contributed by atoms with Crippen LogP contribution in [-0.2, 0) is 7.05 Å². The Morgan fingerprint density at radius 1 is 1.29 bits per heavy atom. The molecule has 3 rings (SSSR count). The van der Waals surface area contributed by atoms with Crippen molar-refractivity contribution in [2.45, 2.75) is 19.4 Å². The molecule has 0 aliphatic rings. The lowest BCUT2D eigenvalue weighted by molar-refractivity contribution is 0.526. The number of nitrogens with one attached hydrogen (secondary N) is 1. The predicted octanol–water partition coefficient (Wildman–Crippen LogP) is 2.81. The van der Waals surface area contributed by atoms with E-state index < -0.39 is 0 Å². The summed E-state index contributed by atoms with van der Waals surface area (Å²) in [6.45, 7) is 3.02. The van der Waals surface area contributed by atoms with Gasteiger partial charge in [0.1, 0.15) is 0 Å². The molecule has 0 aliphatic heterocycles. The fourth-order valence-electron chi connectivity index (χ4n) is 2.49. The first-order valence-electron chi connectivity index (χ1n) is 7.05. The van der Waals surface area contributed by atoms with Gasteiger partial charge in [0.05, 0.1) is 24.1 Å². The van der Waals surface area contributed by atoms with E-state index in [1.807, 2.05) is 24.3 Å². The summed E-state index contributed by atoms with van der Waals surface area (Å²) in [5.74, 6) is -0.344. The van der Waals surface area contributed by atoms with Crippen LogP contribution in [0.4, 0.5) is 0 Å². The summed E-state index contributed by atoms with van der Waals surface area (Å²) in [5, 5.41) is 3.49. The van der Waals surface area contributed by atoms with Crippen LogP contribution in [0.25, 0.3) is 11.1 Å². The van der Waals surface area contributed by atoms with Crippen molar-refractivity contribution in [3.8, 4) is 0 Å². The summed E-state index contributed by atoms with van der Waals surface area (Å²) >= 11 is 0. The molecule has 0 bridgehead atoms. The van der Waals surface area contributed by atoms with Gasteiger partial charge in [-0.15, -0.1) is 0 Å². The number of nitrogens with zero attached hydrogens (tertiary/aromatic N) is 1. The number of furan rings is 1. The second-order valence-electron chi connectivity index (χ2n) is 5.10. The van der Waals surface area contributed by atoms with Crippen molar-refractivity contribution < 1.29 is 8.83 Å². The third kappa shape index (κ3) is 2.52. The highest BCUT2D eigenvalue weighted by atomic mass is 16.4. The van der Waals surface area contributed by atoms with Crippen molar-refractivity contribution in [3.05, 3.63) is 58.5 Å². The number of benzene rings is 1. The van der Waals surface area contributed by atoms with E-state index in [9.17, 15) is 4.79 Å². The monoisotopic (exact) mass is 286 g/mol. The zero-order valence-electron chi connectivity index (χ0n) is 12.1. The summed E-state index contributed by atoms with van der Waals surface area (Å²) in [5.41, 5.74) is 3.50. The fraction of sp³-hybridized carbons (Fsp3) is 0.312. The van der Waals surface area contributed by atoms with Gasteiger partial charge in [-0.25, -0.2) is 4.79 Å². The Balaban J connectivity index is 2.04. The smallest absolute Gasteiger partial charge is 0.419 e. The van der Waals surface area contributed by atoms with Gasteiger partial charge in [-0.2, -0.15) is 0 Å². The highest BCUT2D eigenvalue weighted by molar-refractivity contribution is 5.74. The van der Waals surface area contributed by atoms with Crippen LogP contribution >= 0.6 is 0 Å². The van der Waals surface area contributed by atoms with Crippen LogP contribution in [0.5, 0.6) is 0 Å². The van der Waals surface area contributed by atoms with E-state index in [-0.39, 0.29) is 11.8 Å². The summed E-state index contributed by atoms with van der Waals surface area (Å²) < 4.78 is 12.0. The zero-order chi connectivity index (χ0) is 14.8. The van der Waals surface area contributed by atoms with E-state index in [2.05, 4.69) is 12.2 Å². The molecule has 0 saturated carbocycles. The first-order chi connectivity index (χ1) is 10.2. The van der Waals surface area contributed by atoms with Gasteiger partial charge in [-0.1, -0.05) is 13.0 Å². The second-order valence-corrected chi connectivity index (χ2v) is 5.10. The van der Waals surface area contributed by atoms with Crippen LogP contribution in [0.2, 0.25) is 0 Å². The third-order valence-electron chi connectivity index (χ3n) is 3.62. The van der Waals surface area contributed by atoms with E-state index in [0.717, 1.165) is 29.6 Å². The first-order valence-corrected chi connectivity index (χ1v) is 7.05. The van der Waals surface area contributed by atoms with Gasteiger partial charge in [0.2, 0.25) is 0 Å². The average molecular weight is 286 g/mol. The Morgan fingerprint density at radius 2 is 2.14 bits per heavy atom. The lowest BCUT2D eigenvalue weighted by Crippen LogP contribution is -2.22. The Kier molecular flexibility index (Phi) is 3.66. The van der Waals surface area contributed by atoms with Crippen LogP contribution in [0.3, 0.4) is 0 Å². The molecular weight excluding hydrogens is 268 g/mol. The maximum Gasteiger partial charge on any atom is 0.419 e. The number of oxazole rings is 1. The lowest BCUT2D eigenvalue weighted by atomic mass is 10.0. The van der Waals surface area contributed by atoms with Crippen molar-refractivity contribution >= 4 is 11.1 Å². The number of fused-ring (bicyclic) bond motifs is 1. The molecular formula is C16H18N2O3. The molecule has 0 saturated heterocycles.